The molecule has 10 heteroatoms. The molecule has 0 unspecified atom stereocenters. The van der Waals surface area contributed by atoms with E-state index >= 15 is 4.39 Å². The minimum Gasteiger partial charge on any atom is -0.368 e. The van der Waals surface area contributed by atoms with E-state index in [1.807, 2.05) is 11.8 Å². The van der Waals surface area contributed by atoms with Crippen LogP contribution in [0.4, 0.5) is 33.3 Å². The standard InChI is InChI=1S/C25H22F5N3O.ClH/c1-13-9-15(31)12-33(11-13)21-8-5-14(26)10-20(21)32-25(34)16-6-7-19(29)23(24(16)30)22-17(27)3-2-4-18(22)28;/h2-8,10,13,15H,9,11-12,31H2,1H3,(H,32,34);1H/t13-,15+;/m1./s1. The van der Waals surface area contributed by atoms with E-state index in [9.17, 15) is 22.4 Å². The van der Waals surface area contributed by atoms with Crippen LogP contribution in [0.5, 0.6) is 0 Å². The number of piperidine rings is 1. The Morgan fingerprint density at radius 2 is 1.60 bits per heavy atom. The SMILES string of the molecule is C[C@@H]1C[C@H](N)CN(c2ccc(F)cc2NC(=O)c2ccc(F)c(-c3c(F)cccc3F)c2F)C1.Cl. The van der Waals surface area contributed by atoms with Gasteiger partial charge in [-0.2, -0.15) is 0 Å². The monoisotopic (exact) mass is 511 g/mol. The number of rotatable bonds is 4. The largest absolute Gasteiger partial charge is 0.368 e. The summed E-state index contributed by atoms with van der Waals surface area (Å²) >= 11 is 0. The smallest absolute Gasteiger partial charge is 0.258 e. The highest BCUT2D eigenvalue weighted by atomic mass is 35.5. The Morgan fingerprint density at radius 3 is 2.26 bits per heavy atom. The number of hydrogen-bond acceptors (Lipinski definition) is 3. The molecule has 0 radical (unpaired) electrons. The third-order valence-corrected chi connectivity index (χ3v) is 5.79. The summed E-state index contributed by atoms with van der Waals surface area (Å²) in [6.07, 6.45) is 0.815. The first kappa shape index (κ1) is 26.4. The van der Waals surface area contributed by atoms with Crippen LogP contribution in [-0.2, 0) is 0 Å². The topological polar surface area (TPSA) is 58.4 Å². The summed E-state index contributed by atoms with van der Waals surface area (Å²) in [4.78, 5) is 14.8. The van der Waals surface area contributed by atoms with Crippen molar-refractivity contribution in [3.63, 3.8) is 0 Å². The maximum atomic E-state index is 15.2. The van der Waals surface area contributed by atoms with Gasteiger partial charge in [0.2, 0.25) is 0 Å². The molecule has 0 bridgehead atoms. The van der Waals surface area contributed by atoms with Crippen molar-refractivity contribution in [2.24, 2.45) is 11.7 Å². The van der Waals surface area contributed by atoms with E-state index < -0.39 is 51.7 Å². The molecule has 186 valence electrons. The Bertz CT molecular complexity index is 1230. The Hall–Kier alpha value is -3.17. The number of halogens is 6. The number of anilines is 2. The first-order chi connectivity index (χ1) is 16.2. The summed E-state index contributed by atoms with van der Waals surface area (Å²) in [6, 6.07) is 8.04. The molecule has 1 saturated heterocycles. The molecule has 0 aliphatic carbocycles. The van der Waals surface area contributed by atoms with Crippen molar-refractivity contribution in [3.8, 4) is 11.1 Å². The minimum absolute atomic E-state index is 0. The van der Waals surface area contributed by atoms with Crippen molar-refractivity contribution in [1.82, 2.24) is 0 Å². The molecular weight excluding hydrogens is 489 g/mol. The molecule has 0 aromatic heterocycles. The van der Waals surface area contributed by atoms with Crippen LogP contribution in [0.15, 0.2) is 48.5 Å². The molecule has 1 aliphatic heterocycles. The number of amides is 1. The molecule has 2 atom stereocenters. The van der Waals surface area contributed by atoms with Gasteiger partial charge >= 0.3 is 0 Å². The van der Waals surface area contributed by atoms with Crippen LogP contribution in [0, 0.1) is 35.0 Å². The van der Waals surface area contributed by atoms with E-state index in [-0.39, 0.29) is 30.1 Å². The quantitative estimate of drug-likeness (QED) is 0.429. The van der Waals surface area contributed by atoms with Gasteiger partial charge in [0, 0.05) is 19.1 Å². The number of carbonyl (C=O) groups is 1. The predicted molar refractivity (Wildman–Crippen MR) is 127 cm³/mol. The highest BCUT2D eigenvalue weighted by molar-refractivity contribution is 6.07. The zero-order chi connectivity index (χ0) is 24.6. The van der Waals surface area contributed by atoms with Crippen LogP contribution >= 0.6 is 12.4 Å². The van der Waals surface area contributed by atoms with Gasteiger partial charge in [0.25, 0.3) is 5.91 Å². The van der Waals surface area contributed by atoms with Crippen LogP contribution in [0.2, 0.25) is 0 Å². The second-order valence-electron chi connectivity index (χ2n) is 8.50. The fraction of sp³-hybridized carbons (Fsp3) is 0.240. The van der Waals surface area contributed by atoms with Gasteiger partial charge in [0.05, 0.1) is 28.1 Å². The van der Waals surface area contributed by atoms with E-state index in [1.54, 1.807) is 0 Å². The Kier molecular flexibility index (Phi) is 8.02. The first-order valence-corrected chi connectivity index (χ1v) is 10.7. The van der Waals surface area contributed by atoms with E-state index in [4.69, 9.17) is 5.73 Å². The summed E-state index contributed by atoms with van der Waals surface area (Å²) in [5.74, 6) is -6.45. The Balaban J connectivity index is 0.00000342. The van der Waals surface area contributed by atoms with Crippen LogP contribution in [0.25, 0.3) is 11.1 Å². The van der Waals surface area contributed by atoms with Crippen LogP contribution < -0.4 is 16.0 Å². The summed E-state index contributed by atoms with van der Waals surface area (Å²) in [5, 5.41) is 2.45. The molecule has 3 aromatic carbocycles. The summed E-state index contributed by atoms with van der Waals surface area (Å²) < 4.78 is 72.1. The molecule has 0 saturated carbocycles. The zero-order valence-electron chi connectivity index (χ0n) is 18.6. The van der Waals surface area contributed by atoms with Gasteiger partial charge in [-0.15, -0.1) is 12.4 Å². The Morgan fingerprint density at radius 1 is 0.943 bits per heavy atom. The summed E-state index contributed by atoms with van der Waals surface area (Å²) in [5.41, 5.74) is 4.08. The zero-order valence-corrected chi connectivity index (χ0v) is 19.4. The lowest BCUT2D eigenvalue weighted by Crippen LogP contribution is -2.46. The predicted octanol–water partition coefficient (Wildman–Crippen LogP) is 5.90. The van der Waals surface area contributed by atoms with Crippen molar-refractivity contribution < 1.29 is 26.7 Å². The normalized spacial score (nSPS) is 17.6. The van der Waals surface area contributed by atoms with E-state index in [2.05, 4.69) is 5.32 Å². The maximum Gasteiger partial charge on any atom is 0.258 e. The van der Waals surface area contributed by atoms with Crippen molar-refractivity contribution in [3.05, 3.63) is 83.2 Å². The highest BCUT2D eigenvalue weighted by Gasteiger charge is 2.27. The second kappa shape index (κ2) is 10.6. The number of nitrogens with one attached hydrogen (secondary N) is 1. The van der Waals surface area contributed by atoms with Gasteiger partial charge in [-0.05, 0) is 54.8 Å². The van der Waals surface area contributed by atoms with Gasteiger partial charge in [-0.25, -0.2) is 22.0 Å². The first-order valence-electron chi connectivity index (χ1n) is 10.7. The highest BCUT2D eigenvalue weighted by Crippen LogP contribution is 2.34. The number of nitrogens with zero attached hydrogens (tertiary/aromatic N) is 1. The molecule has 0 spiro atoms. The molecule has 1 aliphatic rings. The van der Waals surface area contributed by atoms with E-state index in [1.165, 1.54) is 12.1 Å². The summed E-state index contributed by atoms with van der Waals surface area (Å²) in [7, 11) is 0. The van der Waals surface area contributed by atoms with Gasteiger partial charge in [0.15, 0.2) is 0 Å². The molecule has 35 heavy (non-hydrogen) atoms. The second-order valence-corrected chi connectivity index (χ2v) is 8.50. The third kappa shape index (κ3) is 5.41. The minimum atomic E-state index is -1.44. The van der Waals surface area contributed by atoms with Gasteiger partial charge < -0.3 is 16.0 Å². The van der Waals surface area contributed by atoms with Crippen molar-refractivity contribution in [2.45, 2.75) is 19.4 Å². The van der Waals surface area contributed by atoms with Crippen LogP contribution in [-0.4, -0.2) is 25.0 Å². The van der Waals surface area contributed by atoms with Crippen molar-refractivity contribution >= 4 is 29.7 Å². The van der Waals surface area contributed by atoms with E-state index in [0.717, 1.165) is 42.8 Å². The maximum absolute atomic E-state index is 15.2. The molecule has 3 aromatic rings. The average molecular weight is 512 g/mol. The molecule has 1 heterocycles. The molecule has 1 fully saturated rings. The lowest BCUT2D eigenvalue weighted by atomic mass is 9.96. The number of carbonyl (C=O) groups excluding carboxylic acids is 1. The van der Waals surface area contributed by atoms with E-state index in [0.29, 0.717) is 18.8 Å². The molecule has 4 rings (SSSR count). The average Bonchev–Trinajstić information content (AvgIpc) is 2.75. The lowest BCUT2D eigenvalue weighted by Gasteiger charge is -2.37. The molecular formula is C25H23ClF5N3O. The van der Waals surface area contributed by atoms with Crippen LogP contribution in [0.1, 0.15) is 23.7 Å². The van der Waals surface area contributed by atoms with Crippen LogP contribution in [0.3, 0.4) is 0 Å². The molecule has 4 nitrogen and oxygen atoms in total. The Labute approximate surface area is 205 Å². The molecule has 3 N–H and O–H groups in total. The fourth-order valence-corrected chi connectivity index (χ4v) is 4.36. The number of nitrogens with two attached hydrogens (primary N) is 1. The lowest BCUT2D eigenvalue weighted by molar-refractivity contribution is 0.102. The van der Waals surface area contributed by atoms with Gasteiger partial charge in [0.1, 0.15) is 29.1 Å². The number of hydrogen-bond donors (Lipinski definition) is 2. The molecule has 1 amide bonds. The van der Waals surface area contributed by atoms with Crippen molar-refractivity contribution in [1.29, 1.82) is 0 Å². The van der Waals surface area contributed by atoms with Gasteiger partial charge in [-0.3, -0.25) is 4.79 Å². The summed E-state index contributed by atoms with van der Waals surface area (Å²) in [6.45, 7) is 3.11. The fourth-order valence-electron chi connectivity index (χ4n) is 4.36. The van der Waals surface area contributed by atoms with Crippen molar-refractivity contribution in [2.75, 3.05) is 23.3 Å². The third-order valence-electron chi connectivity index (χ3n) is 5.79. The number of benzene rings is 3. The van der Waals surface area contributed by atoms with Gasteiger partial charge in [-0.1, -0.05) is 13.0 Å².